The summed E-state index contributed by atoms with van der Waals surface area (Å²) in [6.45, 7) is 0. The van der Waals surface area contributed by atoms with Gasteiger partial charge in [-0.2, -0.15) is 10.1 Å². The van der Waals surface area contributed by atoms with Crippen LogP contribution >= 0.6 is 0 Å². The minimum Gasteiger partial charge on any atom is -0.422 e. The first-order valence-electron chi connectivity index (χ1n) is 5.95. The van der Waals surface area contributed by atoms with Crippen LogP contribution in [0.2, 0.25) is 0 Å². The predicted molar refractivity (Wildman–Crippen MR) is 74.1 cm³/mol. The molecule has 3 aromatic rings. The van der Waals surface area contributed by atoms with E-state index in [2.05, 4.69) is 20.5 Å². The Hall–Kier alpha value is -2.69. The number of fused-ring (bicyclic) bond motifs is 1. The second kappa shape index (κ2) is 5.30. The van der Waals surface area contributed by atoms with Gasteiger partial charge in [0.1, 0.15) is 5.52 Å². The van der Waals surface area contributed by atoms with E-state index in [1.807, 2.05) is 42.5 Å². The molecule has 0 aliphatic carbocycles. The van der Waals surface area contributed by atoms with Gasteiger partial charge in [-0.15, -0.1) is 0 Å². The maximum Gasteiger partial charge on any atom is 0.316 e. The normalized spacial score (nSPS) is 11.2. The lowest BCUT2D eigenvalue weighted by atomic mass is 10.3. The van der Waals surface area contributed by atoms with E-state index in [0.29, 0.717) is 12.4 Å². The Morgan fingerprint density at radius 3 is 2.89 bits per heavy atom. The van der Waals surface area contributed by atoms with Crippen molar-refractivity contribution in [3.8, 4) is 0 Å². The third-order valence-corrected chi connectivity index (χ3v) is 2.57. The van der Waals surface area contributed by atoms with E-state index in [1.165, 1.54) is 0 Å². The van der Waals surface area contributed by atoms with E-state index in [-0.39, 0.29) is 0 Å². The zero-order valence-corrected chi connectivity index (χ0v) is 10.2. The van der Waals surface area contributed by atoms with Gasteiger partial charge in [-0.05, 0) is 24.3 Å². The van der Waals surface area contributed by atoms with Crippen molar-refractivity contribution in [1.29, 1.82) is 0 Å². The van der Waals surface area contributed by atoms with E-state index in [1.54, 1.807) is 12.4 Å². The van der Waals surface area contributed by atoms with Gasteiger partial charge < -0.3 is 4.42 Å². The van der Waals surface area contributed by atoms with Crippen molar-refractivity contribution in [2.45, 2.75) is 6.42 Å². The molecule has 3 rings (SSSR count). The molecule has 0 unspecified atom stereocenters. The lowest BCUT2D eigenvalue weighted by Crippen LogP contribution is -1.93. The minimum absolute atomic E-state index is 0.387. The fourth-order valence-electron chi connectivity index (χ4n) is 1.68. The van der Waals surface area contributed by atoms with Crippen LogP contribution in [0.3, 0.4) is 0 Å². The largest absolute Gasteiger partial charge is 0.422 e. The van der Waals surface area contributed by atoms with Crippen LogP contribution < -0.4 is 5.43 Å². The molecule has 0 saturated heterocycles. The Labute approximate surface area is 110 Å². The van der Waals surface area contributed by atoms with E-state index in [0.717, 1.165) is 16.8 Å². The lowest BCUT2D eigenvalue weighted by Gasteiger charge is -1.93. The average Bonchev–Trinajstić information content (AvgIpc) is 2.87. The van der Waals surface area contributed by atoms with Gasteiger partial charge >= 0.3 is 6.01 Å². The zero-order chi connectivity index (χ0) is 12.9. The monoisotopic (exact) mass is 252 g/mol. The summed E-state index contributed by atoms with van der Waals surface area (Å²) in [5, 5.41) is 4.06. The van der Waals surface area contributed by atoms with Crippen molar-refractivity contribution < 1.29 is 4.42 Å². The van der Waals surface area contributed by atoms with E-state index in [4.69, 9.17) is 4.42 Å². The van der Waals surface area contributed by atoms with Crippen molar-refractivity contribution in [3.63, 3.8) is 0 Å². The van der Waals surface area contributed by atoms with Gasteiger partial charge in [0.15, 0.2) is 5.58 Å². The number of rotatable bonds is 4. The quantitative estimate of drug-likeness (QED) is 0.573. The maximum atomic E-state index is 5.47. The van der Waals surface area contributed by atoms with Gasteiger partial charge in [0.25, 0.3) is 0 Å². The number of hydrogen-bond acceptors (Lipinski definition) is 5. The highest BCUT2D eigenvalue weighted by molar-refractivity contribution is 5.74. The zero-order valence-electron chi connectivity index (χ0n) is 10.2. The number of hydrogen-bond donors (Lipinski definition) is 1. The fourth-order valence-corrected chi connectivity index (χ4v) is 1.68. The molecule has 0 aliphatic heterocycles. The number of para-hydroxylation sites is 2. The number of pyridine rings is 1. The summed E-state index contributed by atoms with van der Waals surface area (Å²) in [5.41, 5.74) is 5.28. The molecule has 0 amide bonds. The van der Waals surface area contributed by atoms with E-state index >= 15 is 0 Å². The highest BCUT2D eigenvalue weighted by Gasteiger charge is 2.02. The number of aromatic nitrogens is 2. The molecule has 0 radical (unpaired) electrons. The topological polar surface area (TPSA) is 63.3 Å². The molecule has 0 atom stereocenters. The first-order valence-corrected chi connectivity index (χ1v) is 5.95. The van der Waals surface area contributed by atoms with Crippen LogP contribution in [0.1, 0.15) is 5.69 Å². The number of nitrogens with one attached hydrogen (secondary N) is 1. The first-order chi connectivity index (χ1) is 9.42. The van der Waals surface area contributed by atoms with Crippen molar-refractivity contribution in [1.82, 2.24) is 9.97 Å². The molecule has 5 heteroatoms. The molecule has 5 nitrogen and oxygen atoms in total. The fraction of sp³-hybridized carbons (Fsp3) is 0.0714. The van der Waals surface area contributed by atoms with Crippen LogP contribution in [0.5, 0.6) is 0 Å². The van der Waals surface area contributed by atoms with Crippen LogP contribution in [0.25, 0.3) is 11.1 Å². The Morgan fingerprint density at radius 2 is 2.05 bits per heavy atom. The van der Waals surface area contributed by atoms with Crippen molar-refractivity contribution in [3.05, 3.63) is 54.4 Å². The van der Waals surface area contributed by atoms with Gasteiger partial charge in [-0.25, -0.2) is 5.43 Å². The van der Waals surface area contributed by atoms with Gasteiger partial charge in [-0.3, -0.25) is 4.98 Å². The molecule has 0 spiro atoms. The first kappa shape index (κ1) is 11.4. The third-order valence-electron chi connectivity index (χ3n) is 2.57. The average molecular weight is 252 g/mol. The number of nitrogens with zero attached hydrogens (tertiary/aromatic N) is 3. The molecule has 94 valence electrons. The number of oxazole rings is 1. The molecule has 1 N–H and O–H groups in total. The summed E-state index contributed by atoms with van der Waals surface area (Å²) in [7, 11) is 0. The Balaban J connectivity index is 1.62. The molecule has 2 heterocycles. The Kier molecular flexibility index (Phi) is 3.18. The number of anilines is 1. The van der Waals surface area contributed by atoms with Crippen LogP contribution in [0.15, 0.2) is 58.2 Å². The van der Waals surface area contributed by atoms with Gasteiger partial charge in [0.05, 0.1) is 0 Å². The third kappa shape index (κ3) is 2.77. The van der Waals surface area contributed by atoms with Gasteiger partial charge in [0.2, 0.25) is 0 Å². The second-order valence-electron chi connectivity index (χ2n) is 3.94. The number of benzene rings is 1. The standard InChI is InChI=1S/C14H12N4O/c1-2-7-13-12(6-1)17-14(19-13)18-16-10-8-11-5-3-4-9-15-11/h1-7,9-10H,8H2,(H,17,18)/b16-10+. The molecule has 1 aromatic carbocycles. The van der Waals surface area contributed by atoms with Crippen LogP contribution in [0, 0.1) is 0 Å². The summed E-state index contributed by atoms with van der Waals surface area (Å²) in [4.78, 5) is 8.45. The molecule has 0 bridgehead atoms. The maximum absolute atomic E-state index is 5.47. The van der Waals surface area contributed by atoms with Gasteiger partial charge in [0, 0.05) is 24.5 Å². The Morgan fingerprint density at radius 1 is 1.16 bits per heavy atom. The predicted octanol–water partition coefficient (Wildman–Crippen LogP) is 2.86. The highest BCUT2D eigenvalue weighted by Crippen LogP contribution is 2.17. The van der Waals surface area contributed by atoms with Crippen LogP contribution in [-0.4, -0.2) is 16.2 Å². The molecule has 0 saturated carbocycles. The Bertz CT molecular complexity index is 658. The highest BCUT2D eigenvalue weighted by atomic mass is 16.4. The summed E-state index contributed by atoms with van der Waals surface area (Å²) in [5.74, 6) is 0. The summed E-state index contributed by atoms with van der Waals surface area (Å²) in [6.07, 6.45) is 4.16. The minimum atomic E-state index is 0.387. The van der Waals surface area contributed by atoms with Crippen molar-refractivity contribution in [2.24, 2.45) is 5.10 Å². The van der Waals surface area contributed by atoms with Crippen LogP contribution in [0.4, 0.5) is 6.01 Å². The van der Waals surface area contributed by atoms with Crippen molar-refractivity contribution in [2.75, 3.05) is 5.43 Å². The lowest BCUT2D eigenvalue weighted by molar-refractivity contribution is 0.617. The molecule has 2 aromatic heterocycles. The summed E-state index contributed by atoms with van der Waals surface area (Å²) >= 11 is 0. The number of hydrazone groups is 1. The summed E-state index contributed by atoms with van der Waals surface area (Å²) in [6, 6.07) is 13.7. The van der Waals surface area contributed by atoms with E-state index in [9.17, 15) is 0 Å². The molecule has 19 heavy (non-hydrogen) atoms. The SMILES string of the molecule is C(/Cc1ccccn1)=N\Nc1nc2ccccc2o1. The molecule has 0 aliphatic rings. The van der Waals surface area contributed by atoms with Crippen LogP contribution in [-0.2, 0) is 6.42 Å². The molecule has 0 fully saturated rings. The van der Waals surface area contributed by atoms with Gasteiger partial charge in [-0.1, -0.05) is 18.2 Å². The van der Waals surface area contributed by atoms with E-state index < -0.39 is 0 Å². The van der Waals surface area contributed by atoms with Crippen molar-refractivity contribution >= 4 is 23.3 Å². The molecular weight excluding hydrogens is 240 g/mol. The second-order valence-corrected chi connectivity index (χ2v) is 3.94. The smallest absolute Gasteiger partial charge is 0.316 e. The molecular formula is C14H12N4O. The summed E-state index contributed by atoms with van der Waals surface area (Å²) < 4.78 is 5.47.